The Morgan fingerprint density at radius 1 is 1.29 bits per heavy atom. The Kier molecular flexibility index (Phi) is 6.23. The third kappa shape index (κ3) is 5.33. The monoisotopic (exact) mass is 235 g/mol. The minimum Gasteiger partial charge on any atom is -0.382 e. The van der Waals surface area contributed by atoms with Crippen LogP contribution < -0.4 is 5.73 Å². The molecular weight excluding hydrogens is 210 g/mol. The van der Waals surface area contributed by atoms with Crippen LogP contribution in [0.15, 0.2) is 18.2 Å². The van der Waals surface area contributed by atoms with Gasteiger partial charge in [-0.2, -0.15) is 0 Å². The fourth-order valence-corrected chi connectivity index (χ4v) is 2.00. The summed E-state index contributed by atoms with van der Waals surface area (Å²) in [5.74, 6) is 0. The standard InChI is InChI=1S/C15H25NO/c1-4-17-9-5-6-15(16)11-14-10-12(2)7-8-13(14)3/h7-8,10,15H,4-6,9,11,16H2,1-3H3. The molecule has 0 aliphatic heterocycles. The van der Waals surface area contributed by atoms with Crippen molar-refractivity contribution in [2.45, 2.75) is 46.1 Å². The quantitative estimate of drug-likeness (QED) is 0.737. The predicted molar refractivity (Wildman–Crippen MR) is 73.3 cm³/mol. The van der Waals surface area contributed by atoms with Crippen LogP contribution in [0, 0.1) is 13.8 Å². The largest absolute Gasteiger partial charge is 0.382 e. The first-order valence-electron chi connectivity index (χ1n) is 6.53. The van der Waals surface area contributed by atoms with Crippen LogP contribution in [0.5, 0.6) is 0 Å². The normalized spacial score (nSPS) is 12.7. The first kappa shape index (κ1) is 14.2. The molecule has 1 aromatic rings. The van der Waals surface area contributed by atoms with E-state index in [2.05, 4.69) is 32.0 Å². The minimum atomic E-state index is 0.246. The molecule has 2 nitrogen and oxygen atoms in total. The van der Waals surface area contributed by atoms with Crippen molar-refractivity contribution < 1.29 is 4.74 Å². The van der Waals surface area contributed by atoms with Gasteiger partial charge in [0.2, 0.25) is 0 Å². The van der Waals surface area contributed by atoms with E-state index in [9.17, 15) is 0 Å². The summed E-state index contributed by atoms with van der Waals surface area (Å²) in [4.78, 5) is 0. The molecule has 0 radical (unpaired) electrons. The van der Waals surface area contributed by atoms with Crippen molar-refractivity contribution in [1.82, 2.24) is 0 Å². The Hall–Kier alpha value is -0.860. The highest BCUT2D eigenvalue weighted by Crippen LogP contribution is 2.13. The van der Waals surface area contributed by atoms with Crippen molar-refractivity contribution in [3.63, 3.8) is 0 Å². The zero-order valence-corrected chi connectivity index (χ0v) is 11.3. The molecule has 1 unspecified atom stereocenters. The average Bonchev–Trinajstić information content (AvgIpc) is 2.29. The maximum absolute atomic E-state index is 6.15. The molecule has 1 aromatic carbocycles. The molecule has 0 spiro atoms. The van der Waals surface area contributed by atoms with Crippen LogP contribution in [0.1, 0.15) is 36.5 Å². The second-order valence-corrected chi connectivity index (χ2v) is 4.73. The van der Waals surface area contributed by atoms with Gasteiger partial charge in [-0.05, 0) is 51.2 Å². The van der Waals surface area contributed by atoms with Crippen molar-refractivity contribution in [3.05, 3.63) is 34.9 Å². The summed E-state index contributed by atoms with van der Waals surface area (Å²) in [5.41, 5.74) is 10.2. The van der Waals surface area contributed by atoms with Crippen molar-refractivity contribution in [1.29, 1.82) is 0 Å². The van der Waals surface area contributed by atoms with Crippen LogP contribution in [0.2, 0.25) is 0 Å². The molecule has 0 bridgehead atoms. The first-order valence-corrected chi connectivity index (χ1v) is 6.53. The fraction of sp³-hybridized carbons (Fsp3) is 0.600. The number of hydrogen-bond donors (Lipinski definition) is 1. The van der Waals surface area contributed by atoms with E-state index in [1.165, 1.54) is 16.7 Å². The van der Waals surface area contributed by atoms with Crippen LogP contribution >= 0.6 is 0 Å². The Morgan fingerprint density at radius 2 is 2.06 bits per heavy atom. The van der Waals surface area contributed by atoms with Gasteiger partial charge in [0.05, 0.1) is 0 Å². The number of aryl methyl sites for hydroxylation is 2. The summed E-state index contributed by atoms with van der Waals surface area (Å²) in [5, 5.41) is 0. The van der Waals surface area contributed by atoms with Crippen LogP contribution in [-0.2, 0) is 11.2 Å². The lowest BCUT2D eigenvalue weighted by atomic mass is 9.97. The highest BCUT2D eigenvalue weighted by Gasteiger charge is 2.06. The van der Waals surface area contributed by atoms with Gasteiger partial charge < -0.3 is 10.5 Å². The molecule has 0 aliphatic carbocycles. The minimum absolute atomic E-state index is 0.246. The van der Waals surface area contributed by atoms with Crippen LogP contribution in [0.25, 0.3) is 0 Å². The van der Waals surface area contributed by atoms with Gasteiger partial charge in [0, 0.05) is 19.3 Å². The molecule has 0 amide bonds. The molecule has 0 aliphatic rings. The SMILES string of the molecule is CCOCCCC(N)Cc1cc(C)ccc1C. The molecule has 1 atom stereocenters. The van der Waals surface area contributed by atoms with E-state index in [1.807, 2.05) is 6.92 Å². The van der Waals surface area contributed by atoms with E-state index in [-0.39, 0.29) is 6.04 Å². The van der Waals surface area contributed by atoms with Crippen LogP contribution in [0.4, 0.5) is 0 Å². The predicted octanol–water partition coefficient (Wildman–Crippen LogP) is 2.99. The summed E-state index contributed by atoms with van der Waals surface area (Å²) < 4.78 is 5.32. The van der Waals surface area contributed by atoms with E-state index < -0.39 is 0 Å². The average molecular weight is 235 g/mol. The maximum Gasteiger partial charge on any atom is 0.0466 e. The third-order valence-corrected chi connectivity index (χ3v) is 3.05. The van der Waals surface area contributed by atoms with E-state index >= 15 is 0 Å². The van der Waals surface area contributed by atoms with Gasteiger partial charge in [-0.25, -0.2) is 0 Å². The molecule has 0 heterocycles. The Balaban J connectivity index is 2.39. The molecule has 0 fully saturated rings. The molecule has 2 heteroatoms. The number of ether oxygens (including phenoxy) is 1. The summed E-state index contributed by atoms with van der Waals surface area (Å²) in [6, 6.07) is 6.82. The van der Waals surface area contributed by atoms with Gasteiger partial charge in [-0.1, -0.05) is 23.8 Å². The molecule has 2 N–H and O–H groups in total. The Labute approximate surface area is 105 Å². The smallest absolute Gasteiger partial charge is 0.0466 e. The second-order valence-electron chi connectivity index (χ2n) is 4.73. The summed E-state index contributed by atoms with van der Waals surface area (Å²) in [6.07, 6.45) is 3.06. The molecule has 96 valence electrons. The Morgan fingerprint density at radius 3 is 2.76 bits per heavy atom. The van der Waals surface area contributed by atoms with Crippen molar-refractivity contribution in [3.8, 4) is 0 Å². The molecule has 1 rings (SSSR count). The van der Waals surface area contributed by atoms with E-state index in [0.29, 0.717) is 0 Å². The molecular formula is C15H25NO. The molecule has 0 saturated carbocycles. The maximum atomic E-state index is 6.15. The van der Waals surface area contributed by atoms with Crippen molar-refractivity contribution in [2.24, 2.45) is 5.73 Å². The summed E-state index contributed by atoms with van der Waals surface area (Å²) >= 11 is 0. The van der Waals surface area contributed by atoms with Gasteiger partial charge in [0.1, 0.15) is 0 Å². The van der Waals surface area contributed by atoms with Crippen LogP contribution in [-0.4, -0.2) is 19.3 Å². The van der Waals surface area contributed by atoms with Crippen LogP contribution in [0.3, 0.4) is 0 Å². The lowest BCUT2D eigenvalue weighted by Gasteiger charge is -2.14. The van der Waals surface area contributed by atoms with Gasteiger partial charge in [0.15, 0.2) is 0 Å². The van der Waals surface area contributed by atoms with E-state index in [0.717, 1.165) is 32.5 Å². The number of nitrogens with two attached hydrogens (primary N) is 1. The Bertz CT molecular complexity index is 336. The van der Waals surface area contributed by atoms with Crippen molar-refractivity contribution >= 4 is 0 Å². The summed E-state index contributed by atoms with van der Waals surface area (Å²) in [7, 11) is 0. The lowest BCUT2D eigenvalue weighted by Crippen LogP contribution is -2.23. The number of rotatable bonds is 7. The summed E-state index contributed by atoms with van der Waals surface area (Å²) in [6.45, 7) is 7.94. The lowest BCUT2D eigenvalue weighted by molar-refractivity contribution is 0.142. The van der Waals surface area contributed by atoms with Gasteiger partial charge in [-0.15, -0.1) is 0 Å². The molecule has 17 heavy (non-hydrogen) atoms. The third-order valence-electron chi connectivity index (χ3n) is 3.05. The fourth-order valence-electron chi connectivity index (χ4n) is 2.00. The second kappa shape index (κ2) is 7.46. The van der Waals surface area contributed by atoms with Gasteiger partial charge in [0.25, 0.3) is 0 Å². The molecule has 0 aromatic heterocycles. The van der Waals surface area contributed by atoms with Crippen molar-refractivity contribution in [2.75, 3.05) is 13.2 Å². The van der Waals surface area contributed by atoms with Gasteiger partial charge in [-0.3, -0.25) is 0 Å². The van der Waals surface area contributed by atoms with Gasteiger partial charge >= 0.3 is 0 Å². The number of benzene rings is 1. The number of hydrogen-bond acceptors (Lipinski definition) is 2. The molecule has 0 saturated heterocycles. The highest BCUT2D eigenvalue weighted by molar-refractivity contribution is 5.31. The van der Waals surface area contributed by atoms with E-state index in [4.69, 9.17) is 10.5 Å². The first-order chi connectivity index (χ1) is 8.13. The topological polar surface area (TPSA) is 35.2 Å². The zero-order valence-electron chi connectivity index (χ0n) is 11.3. The highest BCUT2D eigenvalue weighted by atomic mass is 16.5. The van der Waals surface area contributed by atoms with E-state index in [1.54, 1.807) is 0 Å². The zero-order chi connectivity index (χ0) is 12.7.